The minimum Gasteiger partial charge on any atom is -0.355 e. The number of hydrogen-bond acceptors (Lipinski definition) is 5. The minimum atomic E-state index is -0.106. The lowest BCUT2D eigenvalue weighted by atomic mass is 9.96. The largest absolute Gasteiger partial charge is 0.355 e. The Kier molecular flexibility index (Phi) is 4.20. The summed E-state index contributed by atoms with van der Waals surface area (Å²) in [6, 6.07) is 5.35. The second kappa shape index (κ2) is 6.27. The Morgan fingerprint density at radius 1 is 1.41 bits per heavy atom. The molecule has 0 unspecified atom stereocenters. The van der Waals surface area contributed by atoms with E-state index in [0.717, 1.165) is 31.4 Å². The van der Waals surface area contributed by atoms with Gasteiger partial charge >= 0.3 is 0 Å². The van der Waals surface area contributed by atoms with Crippen molar-refractivity contribution in [1.82, 2.24) is 15.0 Å². The maximum atomic E-state index is 12.7. The van der Waals surface area contributed by atoms with E-state index in [1.54, 1.807) is 18.5 Å². The fourth-order valence-electron chi connectivity index (χ4n) is 2.93. The molecule has 0 aliphatic carbocycles. The van der Waals surface area contributed by atoms with E-state index in [1.807, 2.05) is 24.0 Å². The fourth-order valence-corrected chi connectivity index (χ4v) is 2.93. The molecule has 6 nitrogen and oxygen atoms in total. The maximum Gasteiger partial charge on any atom is 0.276 e. The van der Waals surface area contributed by atoms with Crippen molar-refractivity contribution < 1.29 is 9.32 Å². The van der Waals surface area contributed by atoms with Gasteiger partial charge in [-0.15, -0.1) is 0 Å². The number of nitrogens with two attached hydrogens (primary N) is 1. The van der Waals surface area contributed by atoms with E-state index in [9.17, 15) is 4.79 Å². The summed E-state index contributed by atoms with van der Waals surface area (Å²) in [7, 11) is 0. The summed E-state index contributed by atoms with van der Waals surface area (Å²) in [6.07, 6.45) is 6.41. The highest BCUT2D eigenvalue weighted by Crippen LogP contribution is 2.24. The average molecular weight is 300 g/mol. The molecule has 1 aliphatic heterocycles. The zero-order chi connectivity index (χ0) is 15.5. The molecule has 3 rings (SSSR count). The summed E-state index contributed by atoms with van der Waals surface area (Å²) in [6.45, 7) is 2.67. The number of hydrogen-bond donors (Lipinski definition) is 1. The minimum absolute atomic E-state index is 0.0455. The number of carbonyl (C=O) groups is 1. The van der Waals surface area contributed by atoms with E-state index >= 15 is 0 Å². The summed E-state index contributed by atoms with van der Waals surface area (Å²) >= 11 is 0. The predicted molar refractivity (Wildman–Crippen MR) is 82.1 cm³/mol. The first-order chi connectivity index (χ1) is 10.7. The predicted octanol–water partition coefficient (Wildman–Crippen LogP) is 2.08. The first kappa shape index (κ1) is 14.7. The Balaban J connectivity index is 1.82. The van der Waals surface area contributed by atoms with Crippen LogP contribution < -0.4 is 5.73 Å². The molecule has 2 aromatic heterocycles. The van der Waals surface area contributed by atoms with Crippen LogP contribution >= 0.6 is 0 Å². The number of piperidine rings is 1. The standard InChI is InChI=1S/C16H20N4O2/c1-11(17)14-4-2-3-9-20(14)16(21)13-10-15(22-19-13)12-5-7-18-8-6-12/h5-8,10-11,14H,2-4,9,17H2,1H3/t11-,14+/m1/s1. The smallest absolute Gasteiger partial charge is 0.276 e. The van der Waals surface area contributed by atoms with E-state index in [2.05, 4.69) is 10.1 Å². The van der Waals surface area contributed by atoms with E-state index in [0.29, 0.717) is 11.5 Å². The molecular formula is C16H20N4O2. The number of likely N-dealkylation sites (tertiary alicyclic amines) is 1. The Labute approximate surface area is 129 Å². The number of nitrogens with zero attached hydrogens (tertiary/aromatic N) is 3. The van der Waals surface area contributed by atoms with Crippen molar-refractivity contribution in [3.05, 3.63) is 36.3 Å². The summed E-state index contributed by atoms with van der Waals surface area (Å²) < 4.78 is 5.30. The summed E-state index contributed by atoms with van der Waals surface area (Å²) in [5.41, 5.74) is 7.21. The SMILES string of the molecule is C[C@@H](N)[C@@H]1CCCCN1C(=O)c1cc(-c2ccncc2)on1. The highest BCUT2D eigenvalue weighted by Gasteiger charge is 2.31. The molecule has 0 bridgehead atoms. The van der Waals surface area contributed by atoms with Gasteiger partial charge in [-0.25, -0.2) is 0 Å². The molecule has 0 aromatic carbocycles. The molecule has 3 heterocycles. The lowest BCUT2D eigenvalue weighted by molar-refractivity contribution is 0.0573. The number of rotatable bonds is 3. The molecule has 1 aliphatic rings. The number of aromatic nitrogens is 2. The van der Waals surface area contributed by atoms with Crippen LogP contribution in [0.25, 0.3) is 11.3 Å². The fraction of sp³-hybridized carbons (Fsp3) is 0.438. The monoisotopic (exact) mass is 300 g/mol. The third-order valence-electron chi connectivity index (χ3n) is 4.11. The lowest BCUT2D eigenvalue weighted by Gasteiger charge is -2.37. The highest BCUT2D eigenvalue weighted by atomic mass is 16.5. The van der Waals surface area contributed by atoms with Crippen molar-refractivity contribution in [3.63, 3.8) is 0 Å². The van der Waals surface area contributed by atoms with Gasteiger partial charge in [0.1, 0.15) is 0 Å². The van der Waals surface area contributed by atoms with Crippen molar-refractivity contribution >= 4 is 5.91 Å². The second-order valence-electron chi connectivity index (χ2n) is 5.73. The van der Waals surface area contributed by atoms with Gasteiger partial charge in [-0.05, 0) is 38.3 Å². The van der Waals surface area contributed by atoms with Crippen molar-refractivity contribution in [2.24, 2.45) is 5.73 Å². The van der Waals surface area contributed by atoms with E-state index in [4.69, 9.17) is 10.3 Å². The van der Waals surface area contributed by atoms with Gasteiger partial charge in [0.25, 0.3) is 5.91 Å². The van der Waals surface area contributed by atoms with E-state index < -0.39 is 0 Å². The first-order valence-corrected chi connectivity index (χ1v) is 7.60. The van der Waals surface area contributed by atoms with Crippen LogP contribution in [-0.4, -0.2) is 39.6 Å². The molecule has 0 saturated carbocycles. The molecule has 116 valence electrons. The second-order valence-corrected chi connectivity index (χ2v) is 5.73. The molecule has 1 saturated heterocycles. The lowest BCUT2D eigenvalue weighted by Crippen LogP contribution is -2.51. The van der Waals surface area contributed by atoms with Gasteiger partial charge in [-0.1, -0.05) is 5.16 Å². The molecule has 2 aromatic rings. The summed E-state index contributed by atoms with van der Waals surface area (Å²) in [4.78, 5) is 18.5. The van der Waals surface area contributed by atoms with Crippen LogP contribution in [0.15, 0.2) is 35.1 Å². The number of pyridine rings is 1. The molecular weight excluding hydrogens is 280 g/mol. The van der Waals surface area contributed by atoms with Crippen LogP contribution in [0.2, 0.25) is 0 Å². The Morgan fingerprint density at radius 3 is 2.91 bits per heavy atom. The van der Waals surface area contributed by atoms with Gasteiger partial charge in [0, 0.05) is 42.7 Å². The molecule has 22 heavy (non-hydrogen) atoms. The maximum absolute atomic E-state index is 12.7. The van der Waals surface area contributed by atoms with Crippen LogP contribution in [-0.2, 0) is 0 Å². The van der Waals surface area contributed by atoms with Crippen LogP contribution in [0.5, 0.6) is 0 Å². The van der Waals surface area contributed by atoms with Crippen LogP contribution in [0, 0.1) is 0 Å². The Bertz CT molecular complexity index is 639. The van der Waals surface area contributed by atoms with Gasteiger partial charge in [0.15, 0.2) is 11.5 Å². The average Bonchev–Trinajstić information content (AvgIpc) is 3.05. The molecule has 2 N–H and O–H groups in total. The first-order valence-electron chi connectivity index (χ1n) is 7.60. The quantitative estimate of drug-likeness (QED) is 0.938. The normalized spacial score (nSPS) is 19.9. The van der Waals surface area contributed by atoms with Gasteiger partial charge < -0.3 is 15.2 Å². The number of carbonyl (C=O) groups excluding carboxylic acids is 1. The molecule has 1 fully saturated rings. The number of amides is 1. The third-order valence-corrected chi connectivity index (χ3v) is 4.11. The zero-order valence-corrected chi connectivity index (χ0v) is 12.6. The zero-order valence-electron chi connectivity index (χ0n) is 12.6. The Hall–Kier alpha value is -2.21. The van der Waals surface area contributed by atoms with Crippen LogP contribution in [0.1, 0.15) is 36.7 Å². The van der Waals surface area contributed by atoms with Crippen molar-refractivity contribution in [2.75, 3.05) is 6.54 Å². The van der Waals surface area contributed by atoms with Gasteiger partial charge in [0.2, 0.25) is 0 Å². The Morgan fingerprint density at radius 2 is 2.18 bits per heavy atom. The molecule has 2 atom stereocenters. The van der Waals surface area contributed by atoms with Crippen molar-refractivity contribution in [1.29, 1.82) is 0 Å². The molecule has 6 heteroatoms. The van der Waals surface area contributed by atoms with Crippen molar-refractivity contribution in [3.8, 4) is 11.3 Å². The molecule has 1 amide bonds. The van der Waals surface area contributed by atoms with Crippen LogP contribution in [0.4, 0.5) is 0 Å². The van der Waals surface area contributed by atoms with Gasteiger partial charge in [0.05, 0.1) is 0 Å². The highest BCUT2D eigenvalue weighted by molar-refractivity contribution is 5.93. The topological polar surface area (TPSA) is 85.2 Å². The molecule has 0 spiro atoms. The summed E-state index contributed by atoms with van der Waals surface area (Å²) in [5, 5.41) is 3.93. The molecule has 0 radical (unpaired) electrons. The van der Waals surface area contributed by atoms with Crippen molar-refractivity contribution in [2.45, 2.75) is 38.3 Å². The van der Waals surface area contributed by atoms with Gasteiger partial charge in [-0.2, -0.15) is 0 Å². The third kappa shape index (κ3) is 2.87. The van der Waals surface area contributed by atoms with Crippen LogP contribution in [0.3, 0.4) is 0 Å². The van der Waals surface area contributed by atoms with E-state index in [1.165, 1.54) is 0 Å². The van der Waals surface area contributed by atoms with Gasteiger partial charge in [-0.3, -0.25) is 9.78 Å². The van der Waals surface area contributed by atoms with E-state index in [-0.39, 0.29) is 18.0 Å². The summed E-state index contributed by atoms with van der Waals surface area (Å²) in [5.74, 6) is 0.464.